The van der Waals surface area contributed by atoms with Crippen LogP contribution in [-0.2, 0) is 16.1 Å². The Morgan fingerprint density at radius 2 is 2.00 bits per heavy atom. The maximum atomic E-state index is 11.3. The van der Waals surface area contributed by atoms with Crippen LogP contribution < -0.4 is 0 Å². The van der Waals surface area contributed by atoms with Gasteiger partial charge in [0, 0.05) is 5.57 Å². The Balaban J connectivity index is 2.33. The summed E-state index contributed by atoms with van der Waals surface area (Å²) in [7, 11) is 0. The molecule has 0 saturated heterocycles. The van der Waals surface area contributed by atoms with E-state index in [0.29, 0.717) is 11.0 Å². The van der Waals surface area contributed by atoms with Gasteiger partial charge in [0.1, 0.15) is 6.61 Å². The number of fused-ring (bicyclic) bond motifs is 1. The standard InChI is InChI=1S/C16H14O4/c1-10(2)16(19)20-9-11-6-7-12-4-3-5-13(15(17)18)14(12)8-11/h3-8H,1,9H2,2H3,(H,17,18). The molecule has 0 fully saturated rings. The van der Waals surface area contributed by atoms with E-state index in [-0.39, 0.29) is 12.2 Å². The van der Waals surface area contributed by atoms with Crippen molar-refractivity contribution < 1.29 is 19.4 Å². The van der Waals surface area contributed by atoms with E-state index in [1.54, 1.807) is 31.2 Å². The van der Waals surface area contributed by atoms with Gasteiger partial charge in [0.2, 0.25) is 0 Å². The normalized spacial score (nSPS) is 10.2. The van der Waals surface area contributed by atoms with Crippen LogP contribution >= 0.6 is 0 Å². The summed E-state index contributed by atoms with van der Waals surface area (Å²) in [5.41, 5.74) is 1.30. The fraction of sp³-hybridized carbons (Fsp3) is 0.125. The van der Waals surface area contributed by atoms with Crippen LogP contribution in [0.5, 0.6) is 0 Å². The molecule has 0 atom stereocenters. The highest BCUT2D eigenvalue weighted by Gasteiger charge is 2.09. The molecule has 0 aliphatic heterocycles. The molecule has 102 valence electrons. The number of hydrogen-bond acceptors (Lipinski definition) is 3. The second kappa shape index (κ2) is 5.57. The van der Waals surface area contributed by atoms with Crippen LogP contribution in [-0.4, -0.2) is 17.0 Å². The lowest BCUT2D eigenvalue weighted by Gasteiger charge is -2.07. The van der Waals surface area contributed by atoms with E-state index < -0.39 is 11.9 Å². The van der Waals surface area contributed by atoms with Crippen molar-refractivity contribution in [1.29, 1.82) is 0 Å². The highest BCUT2D eigenvalue weighted by molar-refractivity contribution is 6.03. The minimum absolute atomic E-state index is 0.0928. The molecule has 20 heavy (non-hydrogen) atoms. The maximum absolute atomic E-state index is 11.3. The average Bonchev–Trinajstić information content (AvgIpc) is 2.43. The number of benzene rings is 2. The minimum atomic E-state index is -0.980. The zero-order valence-corrected chi connectivity index (χ0v) is 11.1. The first kappa shape index (κ1) is 13.8. The van der Waals surface area contributed by atoms with Gasteiger partial charge in [0.15, 0.2) is 0 Å². The second-order valence-electron chi connectivity index (χ2n) is 4.52. The van der Waals surface area contributed by atoms with Crippen molar-refractivity contribution in [1.82, 2.24) is 0 Å². The van der Waals surface area contributed by atoms with Crippen molar-refractivity contribution >= 4 is 22.7 Å². The van der Waals surface area contributed by atoms with Crippen molar-refractivity contribution in [2.75, 3.05) is 0 Å². The third kappa shape index (κ3) is 2.85. The number of hydrogen-bond donors (Lipinski definition) is 1. The van der Waals surface area contributed by atoms with E-state index in [0.717, 1.165) is 10.9 Å². The molecular weight excluding hydrogens is 256 g/mol. The van der Waals surface area contributed by atoms with Crippen LogP contribution in [0.4, 0.5) is 0 Å². The quantitative estimate of drug-likeness (QED) is 0.684. The van der Waals surface area contributed by atoms with E-state index >= 15 is 0 Å². The van der Waals surface area contributed by atoms with Gasteiger partial charge in [-0.05, 0) is 35.4 Å². The molecular formula is C16H14O4. The van der Waals surface area contributed by atoms with Gasteiger partial charge in [-0.3, -0.25) is 0 Å². The summed E-state index contributed by atoms with van der Waals surface area (Å²) in [5, 5.41) is 10.6. The van der Waals surface area contributed by atoms with Crippen molar-refractivity contribution in [3.05, 3.63) is 59.7 Å². The van der Waals surface area contributed by atoms with Gasteiger partial charge < -0.3 is 9.84 Å². The number of aromatic carboxylic acids is 1. The predicted molar refractivity (Wildman–Crippen MR) is 75.5 cm³/mol. The highest BCUT2D eigenvalue weighted by atomic mass is 16.5. The first-order valence-electron chi connectivity index (χ1n) is 6.06. The summed E-state index contributed by atoms with van der Waals surface area (Å²) in [6.07, 6.45) is 0. The number of carbonyl (C=O) groups is 2. The third-order valence-electron chi connectivity index (χ3n) is 2.90. The van der Waals surface area contributed by atoms with E-state index in [1.165, 1.54) is 0 Å². The smallest absolute Gasteiger partial charge is 0.336 e. The number of carboxylic acids is 1. The number of esters is 1. The van der Waals surface area contributed by atoms with Gasteiger partial charge in [0.25, 0.3) is 0 Å². The maximum Gasteiger partial charge on any atom is 0.336 e. The fourth-order valence-corrected chi connectivity index (χ4v) is 1.87. The SMILES string of the molecule is C=C(C)C(=O)OCc1ccc2cccc(C(=O)O)c2c1. The summed E-state index contributed by atoms with van der Waals surface area (Å²) in [4.78, 5) is 22.5. The van der Waals surface area contributed by atoms with Crippen molar-refractivity contribution in [2.24, 2.45) is 0 Å². The van der Waals surface area contributed by atoms with Gasteiger partial charge in [-0.25, -0.2) is 9.59 Å². The van der Waals surface area contributed by atoms with Crippen LogP contribution in [0, 0.1) is 0 Å². The molecule has 0 aliphatic carbocycles. The Kier molecular flexibility index (Phi) is 3.84. The lowest BCUT2D eigenvalue weighted by atomic mass is 10.0. The summed E-state index contributed by atoms with van der Waals surface area (Å²) >= 11 is 0. The topological polar surface area (TPSA) is 63.6 Å². The van der Waals surface area contributed by atoms with Crippen LogP contribution in [0.3, 0.4) is 0 Å². The van der Waals surface area contributed by atoms with Crippen LogP contribution in [0.25, 0.3) is 10.8 Å². The predicted octanol–water partition coefficient (Wildman–Crippen LogP) is 3.16. The van der Waals surface area contributed by atoms with Crippen LogP contribution in [0.15, 0.2) is 48.6 Å². The van der Waals surface area contributed by atoms with E-state index in [9.17, 15) is 9.59 Å². The molecule has 0 amide bonds. The largest absolute Gasteiger partial charge is 0.478 e. The van der Waals surface area contributed by atoms with Gasteiger partial charge >= 0.3 is 11.9 Å². The number of ether oxygens (including phenoxy) is 1. The molecule has 2 aromatic rings. The Morgan fingerprint density at radius 3 is 2.65 bits per heavy atom. The van der Waals surface area contributed by atoms with Crippen molar-refractivity contribution in [3.63, 3.8) is 0 Å². The lowest BCUT2D eigenvalue weighted by molar-refractivity contribution is -0.140. The summed E-state index contributed by atoms with van der Waals surface area (Å²) in [5.74, 6) is -1.44. The number of carbonyl (C=O) groups excluding carboxylic acids is 1. The first-order valence-corrected chi connectivity index (χ1v) is 6.06. The highest BCUT2D eigenvalue weighted by Crippen LogP contribution is 2.21. The molecule has 0 heterocycles. The molecule has 1 N–H and O–H groups in total. The molecule has 4 heteroatoms. The molecule has 0 spiro atoms. The Morgan fingerprint density at radius 1 is 1.25 bits per heavy atom. The minimum Gasteiger partial charge on any atom is -0.478 e. The summed E-state index contributed by atoms with van der Waals surface area (Å²) < 4.78 is 5.05. The molecule has 2 aromatic carbocycles. The second-order valence-corrected chi connectivity index (χ2v) is 4.52. The molecule has 0 saturated carbocycles. The third-order valence-corrected chi connectivity index (χ3v) is 2.90. The molecule has 0 aromatic heterocycles. The Hall–Kier alpha value is -2.62. The Labute approximate surface area is 116 Å². The monoisotopic (exact) mass is 270 g/mol. The van der Waals surface area contributed by atoms with Crippen molar-refractivity contribution in [2.45, 2.75) is 13.5 Å². The first-order chi connectivity index (χ1) is 9.49. The molecule has 0 radical (unpaired) electrons. The van der Waals surface area contributed by atoms with Crippen LogP contribution in [0.2, 0.25) is 0 Å². The van der Waals surface area contributed by atoms with Gasteiger partial charge in [-0.2, -0.15) is 0 Å². The summed E-state index contributed by atoms with van der Waals surface area (Å²) in [6, 6.07) is 10.4. The van der Waals surface area contributed by atoms with Gasteiger partial charge in [-0.15, -0.1) is 0 Å². The zero-order chi connectivity index (χ0) is 14.7. The zero-order valence-electron chi connectivity index (χ0n) is 11.1. The molecule has 2 rings (SSSR count). The molecule has 0 unspecified atom stereocenters. The molecule has 0 aliphatic rings. The molecule has 4 nitrogen and oxygen atoms in total. The average molecular weight is 270 g/mol. The van der Waals surface area contributed by atoms with Crippen LogP contribution in [0.1, 0.15) is 22.8 Å². The van der Waals surface area contributed by atoms with Gasteiger partial charge in [-0.1, -0.05) is 30.8 Å². The van der Waals surface area contributed by atoms with E-state index in [2.05, 4.69) is 6.58 Å². The van der Waals surface area contributed by atoms with Gasteiger partial charge in [0.05, 0.1) is 5.56 Å². The summed E-state index contributed by atoms with van der Waals surface area (Å²) in [6.45, 7) is 5.17. The number of carboxylic acid groups (broad SMARTS) is 1. The lowest BCUT2D eigenvalue weighted by Crippen LogP contribution is -2.05. The Bertz CT molecular complexity index is 701. The van der Waals surface area contributed by atoms with Crippen molar-refractivity contribution in [3.8, 4) is 0 Å². The number of rotatable bonds is 4. The van der Waals surface area contributed by atoms with E-state index in [4.69, 9.17) is 9.84 Å². The van der Waals surface area contributed by atoms with E-state index in [1.807, 2.05) is 12.1 Å². The fourth-order valence-electron chi connectivity index (χ4n) is 1.87. The molecule has 0 bridgehead atoms.